The van der Waals surface area contributed by atoms with E-state index in [2.05, 4.69) is 35.4 Å². The standard InChI is InChI=1S/C15H23N3O/c1-3-7-13-10-14(18-17-13)15(19)16-11(2)12-8-5-4-6-9-12/h8,10-11H,3-7,9H2,1-2H3,(H,16,19)(H,17,18)/t11-/m1/s1. The van der Waals surface area contributed by atoms with Crippen LogP contribution in [0.15, 0.2) is 17.7 Å². The molecule has 2 rings (SSSR count). The number of rotatable bonds is 5. The third-order valence-corrected chi connectivity index (χ3v) is 3.61. The van der Waals surface area contributed by atoms with Gasteiger partial charge in [-0.3, -0.25) is 9.89 Å². The summed E-state index contributed by atoms with van der Waals surface area (Å²) in [5, 5.41) is 10.0. The Kier molecular flexibility index (Phi) is 4.77. The molecule has 0 spiro atoms. The number of hydrogen-bond donors (Lipinski definition) is 2. The van der Waals surface area contributed by atoms with Gasteiger partial charge in [-0.05, 0) is 45.1 Å². The fraction of sp³-hybridized carbons (Fsp3) is 0.600. The molecule has 1 aliphatic carbocycles. The van der Waals surface area contributed by atoms with Crippen molar-refractivity contribution in [3.8, 4) is 0 Å². The summed E-state index contributed by atoms with van der Waals surface area (Å²) >= 11 is 0. The van der Waals surface area contributed by atoms with Gasteiger partial charge in [-0.15, -0.1) is 0 Å². The first kappa shape index (κ1) is 13.8. The molecule has 0 saturated heterocycles. The highest BCUT2D eigenvalue weighted by Gasteiger charge is 2.16. The highest BCUT2D eigenvalue weighted by Crippen LogP contribution is 2.20. The molecule has 0 saturated carbocycles. The summed E-state index contributed by atoms with van der Waals surface area (Å²) in [5.74, 6) is -0.0856. The van der Waals surface area contributed by atoms with Gasteiger partial charge in [0.05, 0.1) is 0 Å². The lowest BCUT2D eigenvalue weighted by molar-refractivity contribution is 0.0939. The van der Waals surface area contributed by atoms with Crippen molar-refractivity contribution in [3.63, 3.8) is 0 Å². The molecule has 2 N–H and O–H groups in total. The number of hydrogen-bond acceptors (Lipinski definition) is 2. The molecule has 0 radical (unpaired) electrons. The van der Waals surface area contributed by atoms with Crippen LogP contribution in [-0.4, -0.2) is 22.1 Å². The number of nitrogens with zero attached hydrogens (tertiary/aromatic N) is 1. The first-order valence-corrected chi connectivity index (χ1v) is 7.24. The van der Waals surface area contributed by atoms with Crippen molar-refractivity contribution in [2.75, 3.05) is 0 Å². The Balaban J connectivity index is 1.93. The van der Waals surface area contributed by atoms with Gasteiger partial charge in [0.2, 0.25) is 0 Å². The molecule has 1 aromatic rings. The van der Waals surface area contributed by atoms with Crippen molar-refractivity contribution >= 4 is 5.91 Å². The molecule has 1 amide bonds. The van der Waals surface area contributed by atoms with E-state index >= 15 is 0 Å². The smallest absolute Gasteiger partial charge is 0.272 e. The molecule has 4 heteroatoms. The Labute approximate surface area is 114 Å². The number of allylic oxidation sites excluding steroid dienone is 1. The zero-order valence-electron chi connectivity index (χ0n) is 11.8. The summed E-state index contributed by atoms with van der Waals surface area (Å²) in [7, 11) is 0. The minimum Gasteiger partial charge on any atom is -0.344 e. The quantitative estimate of drug-likeness (QED) is 0.801. The molecule has 0 bridgehead atoms. The predicted molar refractivity (Wildman–Crippen MR) is 76.1 cm³/mol. The van der Waals surface area contributed by atoms with Gasteiger partial charge in [-0.1, -0.05) is 25.0 Å². The van der Waals surface area contributed by atoms with Gasteiger partial charge < -0.3 is 5.32 Å². The summed E-state index contributed by atoms with van der Waals surface area (Å²) in [6.45, 7) is 4.16. The number of carbonyl (C=O) groups excluding carboxylic acids is 1. The second-order valence-corrected chi connectivity index (χ2v) is 5.25. The minimum atomic E-state index is -0.0856. The van der Waals surface area contributed by atoms with Crippen LogP contribution in [0.3, 0.4) is 0 Å². The maximum Gasteiger partial charge on any atom is 0.272 e. The average Bonchev–Trinajstić information content (AvgIpc) is 2.89. The summed E-state index contributed by atoms with van der Waals surface area (Å²) in [5.41, 5.74) is 2.87. The van der Waals surface area contributed by atoms with Crippen LogP contribution in [0.1, 0.15) is 62.1 Å². The number of aromatic amines is 1. The molecule has 0 aliphatic heterocycles. The number of aromatic nitrogens is 2. The van der Waals surface area contributed by atoms with Crippen LogP contribution in [0.5, 0.6) is 0 Å². The molecular formula is C15H23N3O. The average molecular weight is 261 g/mol. The summed E-state index contributed by atoms with van der Waals surface area (Å²) in [6, 6.07) is 1.96. The lowest BCUT2D eigenvalue weighted by Gasteiger charge is -2.20. The molecule has 1 aromatic heterocycles. The lowest BCUT2D eigenvalue weighted by atomic mass is 9.95. The number of nitrogens with one attached hydrogen (secondary N) is 2. The van der Waals surface area contributed by atoms with Gasteiger partial charge in [-0.25, -0.2) is 0 Å². The fourth-order valence-corrected chi connectivity index (χ4v) is 2.49. The Morgan fingerprint density at radius 1 is 1.53 bits per heavy atom. The molecule has 19 heavy (non-hydrogen) atoms. The maximum absolute atomic E-state index is 12.1. The molecule has 0 aromatic carbocycles. The van der Waals surface area contributed by atoms with Gasteiger partial charge in [0, 0.05) is 11.7 Å². The number of H-pyrrole nitrogens is 1. The summed E-state index contributed by atoms with van der Waals surface area (Å²) in [6.07, 6.45) is 8.98. The largest absolute Gasteiger partial charge is 0.344 e. The summed E-state index contributed by atoms with van der Waals surface area (Å²) in [4.78, 5) is 12.1. The van der Waals surface area contributed by atoms with Crippen molar-refractivity contribution in [2.45, 2.75) is 58.4 Å². The molecule has 1 heterocycles. The predicted octanol–water partition coefficient (Wildman–Crippen LogP) is 2.98. The first-order valence-electron chi connectivity index (χ1n) is 7.24. The second-order valence-electron chi connectivity index (χ2n) is 5.25. The zero-order valence-corrected chi connectivity index (χ0v) is 11.8. The van der Waals surface area contributed by atoms with Crippen LogP contribution < -0.4 is 5.32 Å². The number of amides is 1. The van der Waals surface area contributed by atoms with E-state index in [1.54, 1.807) is 0 Å². The molecule has 1 aliphatic rings. The topological polar surface area (TPSA) is 57.8 Å². The first-order chi connectivity index (χ1) is 9.20. The molecule has 104 valence electrons. The summed E-state index contributed by atoms with van der Waals surface area (Å²) < 4.78 is 0. The van der Waals surface area contributed by atoms with Crippen molar-refractivity contribution < 1.29 is 4.79 Å². The number of carbonyl (C=O) groups is 1. The van der Waals surface area contributed by atoms with E-state index in [9.17, 15) is 4.79 Å². The second kappa shape index (κ2) is 6.55. The van der Waals surface area contributed by atoms with E-state index in [4.69, 9.17) is 0 Å². The zero-order chi connectivity index (χ0) is 13.7. The third-order valence-electron chi connectivity index (χ3n) is 3.61. The SMILES string of the molecule is CCCc1cc(C(=O)N[C@H](C)C2=CCCCC2)n[nH]1. The molecule has 4 nitrogen and oxygen atoms in total. The molecule has 0 fully saturated rings. The van der Waals surface area contributed by atoms with Crippen LogP contribution in [0.25, 0.3) is 0 Å². The van der Waals surface area contributed by atoms with E-state index < -0.39 is 0 Å². The van der Waals surface area contributed by atoms with Crippen LogP contribution >= 0.6 is 0 Å². The molecular weight excluding hydrogens is 238 g/mol. The van der Waals surface area contributed by atoms with Gasteiger partial charge >= 0.3 is 0 Å². The maximum atomic E-state index is 12.1. The third kappa shape index (κ3) is 3.69. The van der Waals surface area contributed by atoms with Gasteiger partial charge in [-0.2, -0.15) is 5.10 Å². The van der Waals surface area contributed by atoms with Crippen molar-refractivity contribution in [3.05, 3.63) is 29.1 Å². The Morgan fingerprint density at radius 2 is 2.37 bits per heavy atom. The van der Waals surface area contributed by atoms with Crippen molar-refractivity contribution in [1.29, 1.82) is 0 Å². The van der Waals surface area contributed by atoms with Crippen molar-refractivity contribution in [1.82, 2.24) is 15.5 Å². The van der Waals surface area contributed by atoms with Crippen molar-refractivity contribution in [2.24, 2.45) is 0 Å². The molecule has 0 unspecified atom stereocenters. The van der Waals surface area contributed by atoms with Gasteiger partial charge in [0.15, 0.2) is 0 Å². The Bertz CT molecular complexity index is 462. The van der Waals surface area contributed by atoms with E-state index in [0.717, 1.165) is 31.4 Å². The van der Waals surface area contributed by atoms with Crippen LogP contribution in [-0.2, 0) is 6.42 Å². The highest BCUT2D eigenvalue weighted by molar-refractivity contribution is 5.92. The van der Waals surface area contributed by atoms with Crippen LogP contribution in [0, 0.1) is 0 Å². The number of aryl methyl sites for hydroxylation is 1. The van der Waals surface area contributed by atoms with E-state index in [0.29, 0.717) is 5.69 Å². The lowest BCUT2D eigenvalue weighted by Crippen LogP contribution is -2.34. The van der Waals surface area contributed by atoms with Gasteiger partial charge in [0.25, 0.3) is 5.91 Å². The molecule has 1 atom stereocenters. The minimum absolute atomic E-state index is 0.0856. The van der Waals surface area contributed by atoms with E-state index in [-0.39, 0.29) is 11.9 Å². The fourth-order valence-electron chi connectivity index (χ4n) is 2.49. The van der Waals surface area contributed by atoms with Crippen LogP contribution in [0.4, 0.5) is 0 Å². The van der Waals surface area contributed by atoms with Crippen LogP contribution in [0.2, 0.25) is 0 Å². The Morgan fingerprint density at radius 3 is 3.05 bits per heavy atom. The monoisotopic (exact) mass is 261 g/mol. The highest BCUT2D eigenvalue weighted by atomic mass is 16.2. The van der Waals surface area contributed by atoms with E-state index in [1.165, 1.54) is 18.4 Å². The van der Waals surface area contributed by atoms with Gasteiger partial charge in [0.1, 0.15) is 5.69 Å². The Hall–Kier alpha value is -1.58. The van der Waals surface area contributed by atoms with E-state index in [1.807, 2.05) is 6.07 Å². The normalized spacial score (nSPS) is 16.8.